The third-order valence-electron chi connectivity index (χ3n) is 2.85. The number of halogens is 1. The normalized spacial score (nSPS) is 11.2. The minimum absolute atomic E-state index is 0.0617. The predicted octanol–water partition coefficient (Wildman–Crippen LogP) is 2.19. The fraction of sp³-hybridized carbons (Fsp3) is 0. The minimum Gasteiger partial charge on any atom is -0.273 e. The van der Waals surface area contributed by atoms with E-state index in [-0.39, 0.29) is 11.5 Å². The summed E-state index contributed by atoms with van der Waals surface area (Å²) < 4.78 is 3.07. The summed E-state index contributed by atoms with van der Waals surface area (Å²) in [7, 11) is 0. The van der Waals surface area contributed by atoms with E-state index >= 15 is 0 Å². The maximum absolute atomic E-state index is 11.3. The topological polar surface area (TPSA) is 115 Å². The molecule has 21 heavy (non-hydrogen) atoms. The van der Waals surface area contributed by atoms with Gasteiger partial charge < -0.3 is 0 Å². The molecule has 0 bridgehead atoms. The van der Waals surface area contributed by atoms with Crippen molar-refractivity contribution in [3.63, 3.8) is 0 Å². The second kappa shape index (κ2) is 5.34. The molecule has 104 valence electrons. The molecule has 0 amide bonds. The van der Waals surface area contributed by atoms with Gasteiger partial charge in [-0.3, -0.25) is 14.7 Å². The summed E-state index contributed by atoms with van der Waals surface area (Å²) in [6.07, 6.45) is 3.12. The fourth-order valence-electron chi connectivity index (χ4n) is 1.95. The summed E-state index contributed by atoms with van der Waals surface area (Å²) in [5.41, 5.74) is 1.01. The van der Waals surface area contributed by atoms with E-state index in [0.29, 0.717) is 23.0 Å². The molecule has 2 aromatic heterocycles. The van der Waals surface area contributed by atoms with Crippen molar-refractivity contribution in [1.82, 2.24) is 24.3 Å². The molecule has 0 saturated carbocycles. The zero-order valence-electron chi connectivity index (χ0n) is 10.1. The summed E-state index contributed by atoms with van der Waals surface area (Å²) in [5, 5.41) is 32.1. The van der Waals surface area contributed by atoms with Gasteiger partial charge in [-0.1, -0.05) is 0 Å². The smallest absolute Gasteiger partial charge is 0.273 e. The summed E-state index contributed by atoms with van der Waals surface area (Å²) in [5.74, 6) is 0.0617. The lowest BCUT2D eigenvalue weighted by molar-refractivity contribution is -0.383. The van der Waals surface area contributed by atoms with Crippen LogP contribution in [0.2, 0.25) is 0 Å². The zero-order chi connectivity index (χ0) is 15.0. The molecule has 1 aromatic carbocycles. The number of non-ortho nitro benzene ring substituents is 1. The van der Waals surface area contributed by atoms with Gasteiger partial charge in [-0.25, -0.2) is 4.45 Å². The number of rotatable bonds is 3. The van der Waals surface area contributed by atoms with E-state index in [1.165, 1.54) is 23.2 Å². The molecule has 0 saturated heterocycles. The largest absolute Gasteiger partial charge is 0.282 e. The number of fused-ring (bicyclic) bond motifs is 1. The van der Waals surface area contributed by atoms with Crippen molar-refractivity contribution >= 4 is 45.0 Å². The Bertz CT molecular complexity index is 897. The highest BCUT2D eigenvalue weighted by molar-refractivity contribution is 14.2. The van der Waals surface area contributed by atoms with Crippen LogP contribution in [-0.2, 0) is 0 Å². The van der Waals surface area contributed by atoms with E-state index in [2.05, 4.69) is 37.3 Å². The van der Waals surface area contributed by atoms with Gasteiger partial charge in [0, 0.05) is 6.07 Å². The van der Waals surface area contributed by atoms with Gasteiger partial charge in [0.1, 0.15) is 12.4 Å². The lowest BCUT2D eigenvalue weighted by Gasteiger charge is -2.05. The lowest BCUT2D eigenvalue weighted by atomic mass is 10.2. The first kappa shape index (κ1) is 13.8. The number of nitrogens with zero attached hydrogens (tertiary/aromatic N) is 7. The molecular formula is C10H5IN7O2P. The minimum atomic E-state index is -0.468. The number of benzene rings is 1. The third-order valence-corrected chi connectivity index (χ3v) is 4.74. The molecule has 11 heteroatoms. The van der Waals surface area contributed by atoms with Crippen molar-refractivity contribution in [2.75, 3.05) is 0 Å². The molecule has 3 rings (SSSR count). The van der Waals surface area contributed by atoms with E-state index in [1.807, 2.05) is 6.07 Å². The Morgan fingerprint density at radius 3 is 2.95 bits per heavy atom. The predicted molar refractivity (Wildman–Crippen MR) is 83.8 cm³/mol. The van der Waals surface area contributed by atoms with E-state index in [4.69, 9.17) is 5.26 Å². The Balaban J connectivity index is 2.34. The fourth-order valence-corrected chi connectivity index (χ4v) is 3.48. The van der Waals surface area contributed by atoms with E-state index < -0.39 is 4.92 Å². The average Bonchev–Trinajstić information content (AvgIpc) is 3.11. The van der Waals surface area contributed by atoms with Crippen LogP contribution in [0.4, 0.5) is 5.69 Å². The van der Waals surface area contributed by atoms with E-state index in [1.54, 1.807) is 10.5 Å². The Morgan fingerprint density at radius 2 is 2.29 bits per heavy atom. The van der Waals surface area contributed by atoms with Crippen LogP contribution in [0.25, 0.3) is 16.6 Å². The highest BCUT2D eigenvalue weighted by atomic mass is 127. The van der Waals surface area contributed by atoms with Crippen molar-refractivity contribution < 1.29 is 4.92 Å². The number of hydrogen-bond donors (Lipinski definition) is 0. The summed E-state index contributed by atoms with van der Waals surface area (Å²) in [6, 6.07) is 5.00. The van der Waals surface area contributed by atoms with Gasteiger partial charge in [-0.2, -0.15) is 10.4 Å². The molecule has 1 unspecified atom stereocenters. The Morgan fingerprint density at radius 1 is 1.48 bits per heavy atom. The van der Waals surface area contributed by atoms with Crippen LogP contribution in [0.3, 0.4) is 0 Å². The van der Waals surface area contributed by atoms with Crippen LogP contribution in [-0.4, -0.2) is 29.2 Å². The Kier molecular flexibility index (Phi) is 3.52. The van der Waals surface area contributed by atoms with Crippen LogP contribution in [0, 0.1) is 21.4 Å². The van der Waals surface area contributed by atoms with Crippen molar-refractivity contribution in [3.8, 4) is 11.8 Å². The summed E-state index contributed by atoms with van der Waals surface area (Å²) >= 11 is 2.14. The molecule has 0 N–H and O–H groups in total. The highest BCUT2D eigenvalue weighted by Crippen LogP contribution is 2.34. The van der Waals surface area contributed by atoms with Crippen LogP contribution < -0.4 is 0 Å². The first-order chi connectivity index (χ1) is 10.2. The summed E-state index contributed by atoms with van der Waals surface area (Å²) in [4.78, 5) is 10.8. The van der Waals surface area contributed by atoms with Crippen molar-refractivity contribution in [1.29, 1.82) is 5.26 Å². The van der Waals surface area contributed by atoms with Gasteiger partial charge in [0.2, 0.25) is 5.82 Å². The number of nitro benzene ring substituents is 1. The van der Waals surface area contributed by atoms with Gasteiger partial charge in [-0.05, 0) is 28.1 Å². The van der Waals surface area contributed by atoms with Gasteiger partial charge in [-0.15, -0.1) is 10.2 Å². The van der Waals surface area contributed by atoms with E-state index in [9.17, 15) is 10.1 Å². The standard InChI is InChI=1S/C10H5IN7O2P/c11-21-17-8-1-6(16-5-13-15-10(16)3-12)2-9(18(19)20)7(8)4-14-17/h1-2,4-5,21H. The second-order valence-corrected chi connectivity index (χ2v) is 5.97. The maximum atomic E-state index is 11.3. The SMILES string of the molecule is N#Cc1nncn1-c1cc([N+](=O)[O-])c2cnn(PI)c2c1. The maximum Gasteiger partial charge on any atom is 0.282 e. The molecule has 3 aromatic rings. The molecule has 2 heterocycles. The number of hydrogen-bond acceptors (Lipinski definition) is 6. The number of aromatic nitrogens is 5. The number of nitro groups is 1. The van der Waals surface area contributed by atoms with Crippen molar-refractivity contribution in [2.24, 2.45) is 0 Å². The first-order valence-corrected chi connectivity index (χ1v) is 9.55. The molecule has 0 aliphatic carbocycles. The van der Waals surface area contributed by atoms with Crippen LogP contribution in [0.15, 0.2) is 24.7 Å². The van der Waals surface area contributed by atoms with Crippen LogP contribution in [0.1, 0.15) is 5.82 Å². The number of nitriles is 1. The molecule has 0 spiro atoms. The first-order valence-electron chi connectivity index (χ1n) is 5.49. The Labute approximate surface area is 132 Å². The zero-order valence-corrected chi connectivity index (χ0v) is 13.3. The monoisotopic (exact) mass is 413 g/mol. The van der Waals surface area contributed by atoms with Gasteiger partial charge in [0.15, 0.2) is 0 Å². The van der Waals surface area contributed by atoms with Crippen molar-refractivity contribution in [2.45, 2.75) is 0 Å². The quantitative estimate of drug-likeness (QED) is 0.281. The molecule has 1 atom stereocenters. The molecule has 0 aliphatic rings. The molecule has 0 aliphatic heterocycles. The van der Waals surface area contributed by atoms with Gasteiger partial charge in [0.05, 0.1) is 34.1 Å². The Hall–Kier alpha value is -2.12. The van der Waals surface area contributed by atoms with Gasteiger partial charge in [0.25, 0.3) is 5.69 Å². The second-order valence-electron chi connectivity index (χ2n) is 3.93. The third kappa shape index (κ3) is 2.24. The molecule has 0 fully saturated rings. The van der Waals surface area contributed by atoms with Crippen LogP contribution >= 0.6 is 28.4 Å². The summed E-state index contributed by atoms with van der Waals surface area (Å²) in [6.45, 7) is 0. The lowest BCUT2D eigenvalue weighted by Crippen LogP contribution is -1.99. The highest BCUT2D eigenvalue weighted by Gasteiger charge is 2.19. The van der Waals surface area contributed by atoms with E-state index in [0.717, 1.165) is 0 Å². The molecule has 9 nitrogen and oxygen atoms in total. The molecule has 0 radical (unpaired) electrons. The van der Waals surface area contributed by atoms with Crippen LogP contribution in [0.5, 0.6) is 0 Å². The van der Waals surface area contributed by atoms with Crippen molar-refractivity contribution in [3.05, 3.63) is 40.6 Å². The molecular weight excluding hydrogens is 408 g/mol. The average molecular weight is 413 g/mol. The van der Waals surface area contributed by atoms with Gasteiger partial charge >= 0.3 is 0 Å².